The van der Waals surface area contributed by atoms with Crippen LogP contribution in [-0.2, 0) is 6.18 Å². The van der Waals surface area contributed by atoms with Crippen LogP contribution in [0.15, 0.2) is 29.8 Å². The zero-order valence-corrected chi connectivity index (χ0v) is 12.9. The summed E-state index contributed by atoms with van der Waals surface area (Å²) in [5.74, 6) is 0.181. The fourth-order valence-corrected chi connectivity index (χ4v) is 2.01. The van der Waals surface area contributed by atoms with Crippen molar-refractivity contribution in [1.82, 2.24) is 15.5 Å². The number of aliphatic hydroxyl groups excluding tert-OH is 1. The maximum atomic E-state index is 12.4. The molecule has 0 saturated carbocycles. The fourth-order valence-electron chi connectivity index (χ4n) is 1.57. The molecule has 1 aromatic carbocycles. The normalized spacial score (nSPS) is 12.5. The smallest absolute Gasteiger partial charge is 0.416 e. The molecule has 24 heavy (non-hydrogen) atoms. The topological polar surface area (TPSA) is 96.4 Å². The van der Waals surface area contributed by atoms with Crippen LogP contribution in [0.2, 0.25) is 0 Å². The molecule has 1 heterocycles. The summed E-state index contributed by atoms with van der Waals surface area (Å²) in [6, 6.07) is 3.52. The summed E-state index contributed by atoms with van der Waals surface area (Å²) < 4.78 is 42.4. The number of aromatic nitrogens is 2. The zero-order valence-electron chi connectivity index (χ0n) is 12.1. The van der Waals surface area contributed by atoms with Crippen molar-refractivity contribution in [3.05, 3.63) is 35.3 Å². The van der Waals surface area contributed by atoms with E-state index in [-0.39, 0.29) is 18.9 Å². The van der Waals surface area contributed by atoms with Crippen molar-refractivity contribution in [3.63, 3.8) is 0 Å². The third-order valence-electron chi connectivity index (χ3n) is 2.70. The number of hydrogen-bond acceptors (Lipinski definition) is 6. The standard InChI is InChI=1S/C13H13F3N4O3S/c14-13(15,16)8-1-3-10(4-2-8)23-6-9(21)5-17-11(22)19-12-20-18-7-24-12/h1-4,7,9,21H,5-6H2,(H2,17,19,20,22)/t9-/m1/s1. The van der Waals surface area contributed by atoms with Crippen LogP contribution in [0, 0.1) is 0 Å². The maximum Gasteiger partial charge on any atom is 0.416 e. The molecule has 11 heteroatoms. The highest BCUT2D eigenvalue weighted by atomic mass is 32.1. The van der Waals surface area contributed by atoms with Crippen LogP contribution in [0.3, 0.4) is 0 Å². The van der Waals surface area contributed by atoms with E-state index >= 15 is 0 Å². The van der Waals surface area contributed by atoms with Gasteiger partial charge in [0.2, 0.25) is 5.13 Å². The van der Waals surface area contributed by atoms with Crippen LogP contribution < -0.4 is 15.4 Å². The number of urea groups is 1. The van der Waals surface area contributed by atoms with Gasteiger partial charge < -0.3 is 15.2 Å². The Morgan fingerprint density at radius 1 is 1.33 bits per heavy atom. The second-order valence-electron chi connectivity index (χ2n) is 4.57. The first kappa shape index (κ1) is 17.9. The number of carbonyl (C=O) groups is 1. The number of alkyl halides is 3. The Kier molecular flexibility index (Phi) is 5.93. The quantitative estimate of drug-likeness (QED) is 0.731. The number of aliphatic hydroxyl groups is 1. The van der Waals surface area contributed by atoms with Gasteiger partial charge in [-0.3, -0.25) is 5.32 Å². The van der Waals surface area contributed by atoms with Crippen molar-refractivity contribution in [2.45, 2.75) is 12.3 Å². The molecule has 2 rings (SSSR count). The molecule has 7 nitrogen and oxygen atoms in total. The van der Waals surface area contributed by atoms with Crippen LogP contribution >= 0.6 is 11.3 Å². The van der Waals surface area contributed by atoms with Gasteiger partial charge in [0, 0.05) is 6.54 Å². The van der Waals surface area contributed by atoms with E-state index in [1.54, 1.807) is 0 Å². The lowest BCUT2D eigenvalue weighted by molar-refractivity contribution is -0.137. The van der Waals surface area contributed by atoms with Gasteiger partial charge in [-0.25, -0.2) is 4.79 Å². The summed E-state index contributed by atoms with van der Waals surface area (Å²) in [6.07, 6.45) is -5.45. The van der Waals surface area contributed by atoms with Gasteiger partial charge in [-0.15, -0.1) is 10.2 Å². The minimum atomic E-state index is -4.41. The first-order valence-corrected chi connectivity index (χ1v) is 7.51. The number of nitrogens with zero attached hydrogens (tertiary/aromatic N) is 2. The molecule has 0 spiro atoms. The van der Waals surface area contributed by atoms with Gasteiger partial charge >= 0.3 is 12.2 Å². The molecule has 0 aliphatic rings. The predicted molar refractivity (Wildman–Crippen MR) is 79.9 cm³/mol. The Morgan fingerprint density at radius 2 is 2.04 bits per heavy atom. The van der Waals surface area contributed by atoms with E-state index in [9.17, 15) is 23.1 Å². The van der Waals surface area contributed by atoms with Crippen LogP contribution in [0.5, 0.6) is 5.75 Å². The van der Waals surface area contributed by atoms with E-state index in [0.717, 1.165) is 35.6 Å². The van der Waals surface area contributed by atoms with Crippen molar-refractivity contribution in [1.29, 1.82) is 0 Å². The molecule has 130 valence electrons. The summed E-state index contributed by atoms with van der Waals surface area (Å²) in [6.45, 7) is -0.296. The highest BCUT2D eigenvalue weighted by molar-refractivity contribution is 7.13. The number of amides is 2. The summed E-state index contributed by atoms with van der Waals surface area (Å²) in [7, 11) is 0. The summed E-state index contributed by atoms with van der Waals surface area (Å²) >= 11 is 1.13. The molecule has 1 atom stereocenters. The summed E-state index contributed by atoms with van der Waals surface area (Å²) in [5, 5.41) is 22.0. The van der Waals surface area contributed by atoms with Crippen molar-refractivity contribution < 1.29 is 27.8 Å². The predicted octanol–water partition coefficient (Wildman–Crippen LogP) is 2.12. The van der Waals surface area contributed by atoms with E-state index in [4.69, 9.17) is 4.74 Å². The van der Waals surface area contributed by atoms with E-state index in [2.05, 4.69) is 20.8 Å². The largest absolute Gasteiger partial charge is 0.491 e. The number of ether oxygens (including phenoxy) is 1. The molecular formula is C13H13F3N4O3S. The lowest BCUT2D eigenvalue weighted by atomic mass is 10.2. The Morgan fingerprint density at radius 3 is 2.62 bits per heavy atom. The van der Waals surface area contributed by atoms with E-state index in [0.29, 0.717) is 5.13 Å². The highest BCUT2D eigenvalue weighted by Crippen LogP contribution is 2.30. The van der Waals surface area contributed by atoms with Crippen molar-refractivity contribution >= 4 is 22.5 Å². The van der Waals surface area contributed by atoms with Gasteiger partial charge in [0.1, 0.15) is 24.0 Å². The van der Waals surface area contributed by atoms with Gasteiger partial charge in [0.15, 0.2) is 0 Å². The molecular weight excluding hydrogens is 349 g/mol. The summed E-state index contributed by atoms with van der Waals surface area (Å²) in [4.78, 5) is 11.5. The second-order valence-corrected chi connectivity index (χ2v) is 5.40. The number of benzene rings is 1. The van der Waals surface area contributed by atoms with E-state index < -0.39 is 23.9 Å². The molecule has 2 amide bonds. The van der Waals surface area contributed by atoms with E-state index in [1.165, 1.54) is 5.51 Å². The van der Waals surface area contributed by atoms with Gasteiger partial charge in [0.25, 0.3) is 0 Å². The number of rotatable bonds is 6. The minimum Gasteiger partial charge on any atom is -0.491 e. The third kappa shape index (κ3) is 5.66. The van der Waals surface area contributed by atoms with Gasteiger partial charge in [-0.1, -0.05) is 11.3 Å². The Hall–Kier alpha value is -2.40. The Balaban J connectivity index is 1.71. The molecule has 0 aliphatic heterocycles. The Bertz CT molecular complexity index is 649. The Labute approximate surface area is 138 Å². The SMILES string of the molecule is O=C(NC[C@@H](O)COc1ccc(C(F)(F)F)cc1)Nc1nncs1. The lowest BCUT2D eigenvalue weighted by Crippen LogP contribution is -2.37. The molecule has 0 fully saturated rings. The molecule has 0 bridgehead atoms. The fraction of sp³-hybridized carbons (Fsp3) is 0.308. The van der Waals surface area contributed by atoms with Gasteiger partial charge in [-0.05, 0) is 24.3 Å². The highest BCUT2D eigenvalue weighted by Gasteiger charge is 2.30. The zero-order chi connectivity index (χ0) is 17.6. The van der Waals surface area contributed by atoms with Gasteiger partial charge in [0.05, 0.1) is 5.56 Å². The number of hydrogen-bond donors (Lipinski definition) is 3. The lowest BCUT2D eigenvalue weighted by Gasteiger charge is -2.14. The van der Waals surface area contributed by atoms with Crippen molar-refractivity contribution in [3.8, 4) is 5.75 Å². The van der Waals surface area contributed by atoms with Crippen LogP contribution in [-0.4, -0.2) is 40.6 Å². The number of nitrogens with one attached hydrogen (secondary N) is 2. The number of carbonyl (C=O) groups excluding carboxylic acids is 1. The van der Waals surface area contributed by atoms with Gasteiger partial charge in [-0.2, -0.15) is 13.2 Å². The first-order valence-electron chi connectivity index (χ1n) is 6.64. The molecule has 0 saturated heterocycles. The van der Waals surface area contributed by atoms with Crippen LogP contribution in [0.1, 0.15) is 5.56 Å². The average molecular weight is 362 g/mol. The monoisotopic (exact) mass is 362 g/mol. The molecule has 0 unspecified atom stereocenters. The van der Waals surface area contributed by atoms with Crippen molar-refractivity contribution in [2.24, 2.45) is 0 Å². The van der Waals surface area contributed by atoms with E-state index in [1.807, 2.05) is 0 Å². The number of anilines is 1. The van der Waals surface area contributed by atoms with Crippen LogP contribution in [0.25, 0.3) is 0 Å². The molecule has 1 aromatic heterocycles. The first-order chi connectivity index (χ1) is 11.3. The molecule has 0 radical (unpaired) electrons. The van der Waals surface area contributed by atoms with Crippen molar-refractivity contribution in [2.75, 3.05) is 18.5 Å². The third-order valence-corrected chi connectivity index (χ3v) is 3.31. The average Bonchev–Trinajstić information content (AvgIpc) is 3.03. The minimum absolute atomic E-state index is 0.106. The molecule has 0 aliphatic carbocycles. The second kappa shape index (κ2) is 7.93. The molecule has 3 N–H and O–H groups in total. The molecule has 2 aromatic rings. The number of halogens is 3. The van der Waals surface area contributed by atoms with Crippen LogP contribution in [0.4, 0.5) is 23.1 Å². The summed E-state index contributed by atoms with van der Waals surface area (Å²) in [5.41, 5.74) is 0.660. The maximum absolute atomic E-state index is 12.4.